The van der Waals surface area contributed by atoms with Crippen LogP contribution >= 0.6 is 11.6 Å². The molecule has 2 aromatic rings. The number of aryl methyl sites for hydroxylation is 1. The normalized spacial score (nSPS) is 10.1. The molecular formula is C17H16ClNO3. The third-order valence-corrected chi connectivity index (χ3v) is 3.25. The molecule has 4 nitrogen and oxygen atoms in total. The van der Waals surface area contributed by atoms with Gasteiger partial charge in [-0.05, 0) is 42.8 Å². The molecular weight excluding hydrogens is 302 g/mol. The van der Waals surface area contributed by atoms with Crippen molar-refractivity contribution >= 4 is 23.5 Å². The first-order valence-electron chi connectivity index (χ1n) is 6.86. The first-order valence-corrected chi connectivity index (χ1v) is 7.24. The fourth-order valence-corrected chi connectivity index (χ4v) is 2.10. The second-order valence-electron chi connectivity index (χ2n) is 4.76. The van der Waals surface area contributed by atoms with Gasteiger partial charge in [0.15, 0.2) is 0 Å². The number of nitrogens with one attached hydrogen (secondary N) is 1. The topological polar surface area (TPSA) is 55.4 Å². The van der Waals surface area contributed by atoms with Gasteiger partial charge in [-0.2, -0.15) is 0 Å². The average Bonchev–Trinajstić information content (AvgIpc) is 2.51. The Morgan fingerprint density at radius 1 is 1.14 bits per heavy atom. The van der Waals surface area contributed by atoms with Gasteiger partial charge in [-0.1, -0.05) is 29.8 Å². The zero-order chi connectivity index (χ0) is 15.9. The van der Waals surface area contributed by atoms with E-state index < -0.39 is 5.97 Å². The van der Waals surface area contributed by atoms with E-state index in [1.165, 1.54) is 0 Å². The highest BCUT2D eigenvalue weighted by molar-refractivity contribution is 6.30. The first-order chi connectivity index (χ1) is 10.6. The van der Waals surface area contributed by atoms with Crippen LogP contribution in [0.1, 0.15) is 22.3 Å². The summed E-state index contributed by atoms with van der Waals surface area (Å²) in [5, 5.41) is 3.27. The Balaban J connectivity index is 1.80. The smallest absolute Gasteiger partial charge is 0.312 e. The molecule has 0 unspecified atom stereocenters. The Morgan fingerprint density at radius 3 is 2.55 bits per heavy atom. The lowest BCUT2D eigenvalue weighted by atomic mass is 10.2. The fourth-order valence-electron chi connectivity index (χ4n) is 1.87. The molecule has 1 amide bonds. The molecule has 2 aromatic carbocycles. The van der Waals surface area contributed by atoms with Crippen molar-refractivity contribution in [2.75, 3.05) is 6.54 Å². The standard InChI is InChI=1S/C17H16ClNO3/c1-12-11-14(18)7-8-15(12)22-16(20)9-10-19-17(21)13-5-3-2-4-6-13/h2-8,11H,9-10H2,1H3,(H,19,21). The number of benzene rings is 2. The minimum absolute atomic E-state index is 0.0979. The lowest BCUT2D eigenvalue weighted by molar-refractivity contribution is -0.134. The van der Waals surface area contributed by atoms with E-state index in [2.05, 4.69) is 5.32 Å². The highest BCUT2D eigenvalue weighted by Crippen LogP contribution is 2.22. The third-order valence-electron chi connectivity index (χ3n) is 3.01. The molecule has 2 rings (SSSR count). The van der Waals surface area contributed by atoms with Crippen LogP contribution < -0.4 is 10.1 Å². The quantitative estimate of drug-likeness (QED) is 0.679. The van der Waals surface area contributed by atoms with E-state index in [-0.39, 0.29) is 18.9 Å². The number of ether oxygens (including phenoxy) is 1. The Bertz CT molecular complexity index is 671. The molecule has 0 aliphatic rings. The molecule has 0 aliphatic heterocycles. The van der Waals surface area contributed by atoms with Gasteiger partial charge in [-0.15, -0.1) is 0 Å². The predicted octanol–water partition coefficient (Wildman–Crippen LogP) is 3.37. The Hall–Kier alpha value is -2.33. The number of rotatable bonds is 5. The summed E-state index contributed by atoms with van der Waals surface area (Å²) in [5.74, 6) is -0.140. The Kier molecular flexibility index (Phi) is 5.55. The second-order valence-corrected chi connectivity index (χ2v) is 5.19. The van der Waals surface area contributed by atoms with Gasteiger partial charge in [0.2, 0.25) is 0 Å². The summed E-state index contributed by atoms with van der Waals surface area (Å²) in [5.41, 5.74) is 1.35. The molecule has 0 atom stereocenters. The number of carbonyl (C=O) groups is 2. The molecule has 0 heterocycles. The van der Waals surface area contributed by atoms with Crippen molar-refractivity contribution in [1.82, 2.24) is 5.32 Å². The van der Waals surface area contributed by atoms with Gasteiger partial charge in [0.05, 0.1) is 6.42 Å². The van der Waals surface area contributed by atoms with E-state index in [0.717, 1.165) is 5.56 Å². The van der Waals surface area contributed by atoms with E-state index in [0.29, 0.717) is 16.3 Å². The van der Waals surface area contributed by atoms with Crippen molar-refractivity contribution in [3.8, 4) is 5.75 Å². The number of amides is 1. The Morgan fingerprint density at radius 2 is 1.86 bits per heavy atom. The van der Waals surface area contributed by atoms with Crippen LogP contribution in [0.15, 0.2) is 48.5 Å². The van der Waals surface area contributed by atoms with E-state index >= 15 is 0 Å². The van der Waals surface area contributed by atoms with Crippen LogP contribution in [0.2, 0.25) is 5.02 Å². The summed E-state index contributed by atoms with van der Waals surface area (Å²) in [6.45, 7) is 2.03. The van der Waals surface area contributed by atoms with E-state index in [4.69, 9.17) is 16.3 Å². The van der Waals surface area contributed by atoms with Gasteiger partial charge < -0.3 is 10.1 Å². The molecule has 0 saturated heterocycles. The zero-order valence-corrected chi connectivity index (χ0v) is 12.9. The monoisotopic (exact) mass is 317 g/mol. The first kappa shape index (κ1) is 16.0. The van der Waals surface area contributed by atoms with Crippen molar-refractivity contribution in [3.05, 3.63) is 64.7 Å². The maximum Gasteiger partial charge on any atom is 0.312 e. The number of hydrogen-bond acceptors (Lipinski definition) is 3. The summed E-state index contributed by atoms with van der Waals surface area (Å²) in [7, 11) is 0. The van der Waals surface area contributed by atoms with Gasteiger partial charge in [-0.25, -0.2) is 0 Å². The highest BCUT2D eigenvalue weighted by atomic mass is 35.5. The van der Waals surface area contributed by atoms with E-state index in [1.807, 2.05) is 13.0 Å². The number of halogens is 1. The molecule has 114 valence electrons. The third kappa shape index (κ3) is 4.60. The largest absolute Gasteiger partial charge is 0.426 e. The molecule has 0 fully saturated rings. The molecule has 0 bridgehead atoms. The second kappa shape index (κ2) is 7.61. The SMILES string of the molecule is Cc1cc(Cl)ccc1OC(=O)CCNC(=O)c1ccccc1. The van der Waals surface area contributed by atoms with Crippen LogP contribution in [0.3, 0.4) is 0 Å². The van der Waals surface area contributed by atoms with Crippen molar-refractivity contribution in [2.24, 2.45) is 0 Å². The predicted molar refractivity (Wildman–Crippen MR) is 85.2 cm³/mol. The summed E-state index contributed by atoms with van der Waals surface area (Å²) < 4.78 is 5.24. The van der Waals surface area contributed by atoms with Crippen molar-refractivity contribution < 1.29 is 14.3 Å². The molecule has 5 heteroatoms. The van der Waals surface area contributed by atoms with Crippen molar-refractivity contribution in [2.45, 2.75) is 13.3 Å². The van der Waals surface area contributed by atoms with Crippen molar-refractivity contribution in [3.63, 3.8) is 0 Å². The number of carbonyl (C=O) groups excluding carboxylic acids is 2. The van der Waals surface area contributed by atoms with Gasteiger partial charge in [-0.3, -0.25) is 9.59 Å². The maximum atomic E-state index is 11.8. The summed E-state index contributed by atoms with van der Waals surface area (Å²) in [6.07, 6.45) is 0.0979. The molecule has 0 saturated carbocycles. The maximum absolute atomic E-state index is 11.8. The van der Waals surface area contributed by atoms with Gasteiger partial charge in [0, 0.05) is 17.1 Å². The molecule has 0 aliphatic carbocycles. The Labute approximate surface area is 134 Å². The molecule has 0 aromatic heterocycles. The van der Waals surface area contributed by atoms with E-state index in [1.54, 1.807) is 42.5 Å². The lowest BCUT2D eigenvalue weighted by Gasteiger charge is -2.08. The molecule has 0 spiro atoms. The zero-order valence-electron chi connectivity index (χ0n) is 12.1. The summed E-state index contributed by atoms with van der Waals surface area (Å²) >= 11 is 5.84. The molecule has 1 N–H and O–H groups in total. The van der Waals surface area contributed by atoms with E-state index in [9.17, 15) is 9.59 Å². The number of esters is 1. The number of hydrogen-bond donors (Lipinski definition) is 1. The minimum Gasteiger partial charge on any atom is -0.426 e. The van der Waals surface area contributed by atoms with Crippen LogP contribution in [0.4, 0.5) is 0 Å². The lowest BCUT2D eigenvalue weighted by Crippen LogP contribution is -2.27. The van der Waals surface area contributed by atoms with Gasteiger partial charge >= 0.3 is 5.97 Å². The van der Waals surface area contributed by atoms with Crippen LogP contribution in [-0.2, 0) is 4.79 Å². The molecule has 0 radical (unpaired) electrons. The van der Waals surface area contributed by atoms with Crippen LogP contribution in [0, 0.1) is 6.92 Å². The van der Waals surface area contributed by atoms with Gasteiger partial charge in [0.25, 0.3) is 5.91 Å². The van der Waals surface area contributed by atoms with Crippen molar-refractivity contribution in [1.29, 1.82) is 0 Å². The average molecular weight is 318 g/mol. The minimum atomic E-state index is -0.404. The van der Waals surface area contributed by atoms with Crippen LogP contribution in [-0.4, -0.2) is 18.4 Å². The van der Waals surface area contributed by atoms with Crippen LogP contribution in [0.25, 0.3) is 0 Å². The summed E-state index contributed by atoms with van der Waals surface area (Å²) in [4.78, 5) is 23.6. The molecule has 22 heavy (non-hydrogen) atoms. The summed E-state index contributed by atoms with van der Waals surface area (Å²) in [6, 6.07) is 13.9. The van der Waals surface area contributed by atoms with Crippen LogP contribution in [0.5, 0.6) is 5.75 Å². The highest BCUT2D eigenvalue weighted by Gasteiger charge is 2.09. The van der Waals surface area contributed by atoms with Gasteiger partial charge in [0.1, 0.15) is 5.75 Å². The fraction of sp³-hybridized carbons (Fsp3) is 0.176.